The highest BCUT2D eigenvalue weighted by atomic mass is 31.2. The molecule has 0 saturated carbocycles. The number of fused-ring (bicyclic) bond motifs is 1. The molecule has 9 heteroatoms. The number of rotatable bonds is 5. The standard InChI is InChI=1S/C22H20F3N.H3O4P/c1-16(20-13-5-10-18-9-2-3-12-21(18)20)26-14-6-8-17-7-4-11-19(15-17)22(23,24)25;1-5(2,3)4/h2-13,15-16,26H,14H2,1H3;(H3,1,2,3,4)/b8-6+;/t16-;/m1./s1. The molecule has 0 radical (unpaired) electrons. The summed E-state index contributed by atoms with van der Waals surface area (Å²) in [5, 5.41) is 5.80. The summed E-state index contributed by atoms with van der Waals surface area (Å²) in [5.74, 6) is 0. The lowest BCUT2D eigenvalue weighted by Gasteiger charge is -2.15. The van der Waals surface area contributed by atoms with E-state index in [2.05, 4.69) is 36.5 Å². The Kier molecular flexibility index (Phi) is 8.56. The van der Waals surface area contributed by atoms with Gasteiger partial charge in [-0.2, -0.15) is 13.2 Å². The number of hydrogen-bond donors (Lipinski definition) is 4. The summed E-state index contributed by atoms with van der Waals surface area (Å²) in [6.07, 6.45) is -0.764. The molecule has 3 aromatic carbocycles. The highest BCUT2D eigenvalue weighted by Gasteiger charge is 2.30. The van der Waals surface area contributed by atoms with E-state index >= 15 is 0 Å². The molecular formula is C22H23F3NO4P. The van der Waals surface area contributed by atoms with Crippen LogP contribution in [0.1, 0.15) is 29.7 Å². The molecule has 0 amide bonds. The fourth-order valence-corrected chi connectivity index (χ4v) is 3.00. The van der Waals surface area contributed by atoms with Crippen LogP contribution >= 0.6 is 7.82 Å². The zero-order valence-corrected chi connectivity index (χ0v) is 17.5. The van der Waals surface area contributed by atoms with Crippen molar-refractivity contribution in [1.29, 1.82) is 0 Å². The molecule has 3 aromatic rings. The summed E-state index contributed by atoms with van der Waals surface area (Å²) in [6.45, 7) is 2.65. The van der Waals surface area contributed by atoms with Gasteiger partial charge in [0.25, 0.3) is 0 Å². The molecular weight excluding hydrogens is 430 g/mol. The highest BCUT2D eigenvalue weighted by molar-refractivity contribution is 7.45. The van der Waals surface area contributed by atoms with E-state index in [1.807, 2.05) is 24.3 Å². The summed E-state index contributed by atoms with van der Waals surface area (Å²) in [7, 11) is -4.64. The third kappa shape index (κ3) is 8.65. The maximum Gasteiger partial charge on any atom is 0.466 e. The van der Waals surface area contributed by atoms with Gasteiger partial charge in [-0.25, -0.2) is 4.57 Å². The van der Waals surface area contributed by atoms with Gasteiger partial charge in [-0.1, -0.05) is 66.7 Å². The Morgan fingerprint density at radius 3 is 2.29 bits per heavy atom. The predicted octanol–water partition coefficient (Wildman–Crippen LogP) is 5.29. The fraction of sp³-hybridized carbons (Fsp3) is 0.182. The average molecular weight is 453 g/mol. The van der Waals surface area contributed by atoms with Crippen molar-refractivity contribution in [2.75, 3.05) is 6.54 Å². The minimum Gasteiger partial charge on any atom is -0.307 e. The first-order valence-corrected chi connectivity index (χ1v) is 10.8. The van der Waals surface area contributed by atoms with E-state index in [1.54, 1.807) is 12.1 Å². The Morgan fingerprint density at radius 1 is 1.00 bits per heavy atom. The Hall–Kier alpha value is -2.48. The molecule has 0 fully saturated rings. The summed E-state index contributed by atoms with van der Waals surface area (Å²) in [5.41, 5.74) is 1.12. The lowest BCUT2D eigenvalue weighted by molar-refractivity contribution is -0.137. The van der Waals surface area contributed by atoms with E-state index in [-0.39, 0.29) is 6.04 Å². The van der Waals surface area contributed by atoms with Crippen molar-refractivity contribution < 1.29 is 32.4 Å². The fourth-order valence-electron chi connectivity index (χ4n) is 3.00. The van der Waals surface area contributed by atoms with E-state index in [0.29, 0.717) is 12.1 Å². The van der Waals surface area contributed by atoms with Gasteiger partial charge in [0.05, 0.1) is 5.56 Å². The molecule has 0 saturated heterocycles. The average Bonchev–Trinajstić information content (AvgIpc) is 2.69. The predicted molar refractivity (Wildman–Crippen MR) is 115 cm³/mol. The normalized spacial score (nSPS) is 13.1. The van der Waals surface area contributed by atoms with Crippen molar-refractivity contribution in [2.24, 2.45) is 0 Å². The van der Waals surface area contributed by atoms with Crippen LogP contribution in [0, 0.1) is 0 Å². The van der Waals surface area contributed by atoms with Gasteiger partial charge in [-0.3, -0.25) is 0 Å². The van der Waals surface area contributed by atoms with Gasteiger partial charge in [0.1, 0.15) is 0 Å². The second-order valence-electron chi connectivity index (χ2n) is 6.74. The summed E-state index contributed by atoms with van der Waals surface area (Å²) >= 11 is 0. The van der Waals surface area contributed by atoms with Gasteiger partial charge in [0, 0.05) is 12.6 Å². The van der Waals surface area contributed by atoms with Crippen molar-refractivity contribution in [3.8, 4) is 0 Å². The number of benzene rings is 3. The smallest absolute Gasteiger partial charge is 0.307 e. The maximum absolute atomic E-state index is 12.7. The third-order valence-electron chi connectivity index (χ3n) is 4.36. The highest BCUT2D eigenvalue weighted by Crippen LogP contribution is 2.30. The Balaban J connectivity index is 0.000000614. The van der Waals surface area contributed by atoms with E-state index < -0.39 is 19.6 Å². The first-order valence-electron chi connectivity index (χ1n) is 9.28. The molecule has 166 valence electrons. The summed E-state index contributed by atoms with van der Waals surface area (Å²) in [4.78, 5) is 21.6. The number of halogens is 3. The van der Waals surface area contributed by atoms with Crippen LogP contribution in [-0.2, 0) is 10.7 Å². The van der Waals surface area contributed by atoms with Gasteiger partial charge in [-0.05, 0) is 41.0 Å². The minimum atomic E-state index is -4.64. The van der Waals surface area contributed by atoms with E-state index in [0.717, 1.165) is 12.1 Å². The lowest BCUT2D eigenvalue weighted by Crippen LogP contribution is -2.18. The first kappa shape index (κ1) is 24.8. The van der Waals surface area contributed by atoms with Crippen molar-refractivity contribution in [2.45, 2.75) is 19.1 Å². The van der Waals surface area contributed by atoms with Crippen molar-refractivity contribution in [1.82, 2.24) is 5.32 Å². The molecule has 1 atom stereocenters. The molecule has 0 heterocycles. The van der Waals surface area contributed by atoms with E-state index in [9.17, 15) is 13.2 Å². The van der Waals surface area contributed by atoms with E-state index in [4.69, 9.17) is 19.2 Å². The van der Waals surface area contributed by atoms with Crippen LogP contribution in [0.5, 0.6) is 0 Å². The van der Waals surface area contributed by atoms with Crippen LogP contribution in [0.4, 0.5) is 13.2 Å². The zero-order valence-electron chi connectivity index (χ0n) is 16.6. The lowest BCUT2D eigenvalue weighted by atomic mass is 10.00. The van der Waals surface area contributed by atoms with Crippen molar-refractivity contribution in [3.63, 3.8) is 0 Å². The minimum absolute atomic E-state index is 0.132. The first-order chi connectivity index (χ1) is 14.4. The number of nitrogens with one attached hydrogen (secondary N) is 1. The van der Waals surface area contributed by atoms with Gasteiger partial charge >= 0.3 is 14.0 Å². The molecule has 0 bridgehead atoms. The van der Waals surface area contributed by atoms with Crippen LogP contribution in [0.25, 0.3) is 16.8 Å². The SMILES string of the molecule is C[C@@H](NC/C=C/c1cccc(C(F)(F)F)c1)c1cccc2ccccc12.O=P(O)(O)O. The quantitative estimate of drug-likeness (QED) is 0.394. The molecule has 0 aliphatic carbocycles. The molecule has 0 aromatic heterocycles. The maximum atomic E-state index is 12.7. The van der Waals surface area contributed by atoms with Crippen LogP contribution in [0.3, 0.4) is 0 Å². The molecule has 31 heavy (non-hydrogen) atoms. The molecule has 0 aliphatic rings. The van der Waals surface area contributed by atoms with Gasteiger partial charge < -0.3 is 20.0 Å². The second-order valence-corrected chi connectivity index (χ2v) is 7.76. The Bertz CT molecular complexity index is 1070. The summed E-state index contributed by atoms with van der Waals surface area (Å²) < 4.78 is 47.1. The largest absolute Gasteiger partial charge is 0.466 e. The number of hydrogen-bond acceptors (Lipinski definition) is 2. The van der Waals surface area contributed by atoms with E-state index in [1.165, 1.54) is 22.4 Å². The van der Waals surface area contributed by atoms with Gasteiger partial charge in [0.2, 0.25) is 0 Å². The molecule has 0 spiro atoms. The number of phosphoric acid groups is 1. The second kappa shape index (κ2) is 10.7. The zero-order chi connectivity index (χ0) is 23.1. The van der Waals surface area contributed by atoms with Crippen LogP contribution < -0.4 is 5.32 Å². The molecule has 3 rings (SSSR count). The summed E-state index contributed by atoms with van der Waals surface area (Å²) in [6, 6.07) is 19.9. The third-order valence-corrected chi connectivity index (χ3v) is 4.36. The molecule has 0 unspecified atom stereocenters. The van der Waals surface area contributed by atoms with Crippen molar-refractivity contribution >= 4 is 24.7 Å². The monoisotopic (exact) mass is 453 g/mol. The Morgan fingerprint density at radius 2 is 1.61 bits per heavy atom. The number of alkyl halides is 3. The van der Waals surface area contributed by atoms with Crippen molar-refractivity contribution in [3.05, 3.63) is 89.5 Å². The van der Waals surface area contributed by atoms with Crippen LogP contribution in [0.15, 0.2) is 72.8 Å². The molecule has 5 nitrogen and oxygen atoms in total. The Labute approximate surface area is 178 Å². The molecule has 0 aliphatic heterocycles. The van der Waals surface area contributed by atoms with Crippen LogP contribution in [-0.4, -0.2) is 21.2 Å². The molecule has 4 N–H and O–H groups in total. The topological polar surface area (TPSA) is 89.8 Å². The van der Waals surface area contributed by atoms with Gasteiger partial charge in [0.15, 0.2) is 0 Å². The van der Waals surface area contributed by atoms with Crippen LogP contribution in [0.2, 0.25) is 0 Å². The van der Waals surface area contributed by atoms with Gasteiger partial charge in [-0.15, -0.1) is 0 Å².